The molecular formula is C13H16BrNO2. The molecule has 1 fully saturated rings. The number of hydrogen-bond donors (Lipinski definition) is 0. The summed E-state index contributed by atoms with van der Waals surface area (Å²) < 4.78 is 6.51. The molecule has 92 valence electrons. The van der Waals surface area contributed by atoms with Gasteiger partial charge in [0.2, 0.25) is 0 Å². The van der Waals surface area contributed by atoms with Gasteiger partial charge in [0, 0.05) is 24.0 Å². The van der Waals surface area contributed by atoms with Gasteiger partial charge < -0.3 is 9.64 Å². The van der Waals surface area contributed by atoms with Crippen LogP contribution in [0.5, 0.6) is 0 Å². The number of hydrogen-bond acceptors (Lipinski definition) is 3. The second-order valence-electron chi connectivity index (χ2n) is 4.39. The minimum atomic E-state index is -0.271. The van der Waals surface area contributed by atoms with Crippen molar-refractivity contribution in [3.63, 3.8) is 0 Å². The van der Waals surface area contributed by atoms with Gasteiger partial charge in [-0.3, -0.25) is 4.79 Å². The molecule has 1 unspecified atom stereocenters. The maximum atomic E-state index is 12.1. The van der Waals surface area contributed by atoms with Gasteiger partial charge in [0.05, 0.1) is 6.61 Å². The lowest BCUT2D eigenvalue weighted by Gasteiger charge is -2.29. The van der Waals surface area contributed by atoms with Crippen LogP contribution >= 0.6 is 15.9 Å². The third-order valence-electron chi connectivity index (χ3n) is 2.90. The maximum absolute atomic E-state index is 12.1. The summed E-state index contributed by atoms with van der Waals surface area (Å²) in [7, 11) is 2.02. The molecular weight excluding hydrogens is 282 g/mol. The molecule has 0 aromatic heterocycles. The number of halogens is 1. The maximum Gasteiger partial charge on any atom is 0.167 e. The van der Waals surface area contributed by atoms with Crippen molar-refractivity contribution in [1.82, 2.24) is 4.90 Å². The van der Waals surface area contributed by atoms with Crippen molar-refractivity contribution in [2.75, 3.05) is 26.7 Å². The number of carbonyl (C=O) groups excluding carboxylic acids is 1. The number of rotatable bonds is 3. The van der Waals surface area contributed by atoms with Gasteiger partial charge in [0.25, 0.3) is 0 Å². The van der Waals surface area contributed by atoms with Crippen LogP contribution in [0.1, 0.15) is 5.56 Å². The van der Waals surface area contributed by atoms with Gasteiger partial charge in [-0.15, -0.1) is 0 Å². The summed E-state index contributed by atoms with van der Waals surface area (Å²) >= 11 is 3.41. The van der Waals surface area contributed by atoms with Crippen LogP contribution in [0.15, 0.2) is 28.7 Å². The lowest BCUT2D eigenvalue weighted by Crippen LogP contribution is -2.44. The molecule has 0 N–H and O–H groups in total. The Kier molecular flexibility index (Phi) is 4.31. The SMILES string of the molecule is CN1CCOC(C(=O)Cc2cccc(Br)c2)C1. The second kappa shape index (κ2) is 5.76. The van der Waals surface area contributed by atoms with Crippen molar-refractivity contribution >= 4 is 21.7 Å². The number of carbonyl (C=O) groups is 1. The molecule has 0 aliphatic carbocycles. The van der Waals surface area contributed by atoms with Crippen LogP contribution in [0.2, 0.25) is 0 Å². The Morgan fingerprint density at radius 1 is 1.59 bits per heavy atom. The zero-order valence-electron chi connectivity index (χ0n) is 9.86. The lowest BCUT2D eigenvalue weighted by molar-refractivity contribution is -0.134. The van der Waals surface area contributed by atoms with Crippen molar-refractivity contribution in [3.8, 4) is 0 Å². The van der Waals surface area contributed by atoms with Gasteiger partial charge in [0.15, 0.2) is 5.78 Å². The van der Waals surface area contributed by atoms with Crippen molar-refractivity contribution in [2.24, 2.45) is 0 Å². The van der Waals surface area contributed by atoms with E-state index in [1.165, 1.54) is 0 Å². The Labute approximate surface area is 110 Å². The average molecular weight is 298 g/mol. The van der Waals surface area contributed by atoms with Gasteiger partial charge in [-0.2, -0.15) is 0 Å². The summed E-state index contributed by atoms with van der Waals surface area (Å²) in [4.78, 5) is 14.2. The van der Waals surface area contributed by atoms with Crippen molar-refractivity contribution in [2.45, 2.75) is 12.5 Å². The third-order valence-corrected chi connectivity index (χ3v) is 3.39. The summed E-state index contributed by atoms with van der Waals surface area (Å²) in [6, 6.07) is 7.85. The highest BCUT2D eigenvalue weighted by molar-refractivity contribution is 9.10. The molecule has 1 aromatic carbocycles. The predicted octanol–water partition coefficient (Wildman–Crippen LogP) is 1.89. The first kappa shape index (κ1) is 12.7. The first-order chi connectivity index (χ1) is 8.15. The number of likely N-dealkylation sites (N-methyl/N-ethyl adjacent to an activating group) is 1. The fourth-order valence-corrected chi connectivity index (χ4v) is 2.38. The summed E-state index contributed by atoms with van der Waals surface area (Å²) in [5, 5.41) is 0. The molecule has 0 spiro atoms. The van der Waals surface area contributed by atoms with E-state index in [4.69, 9.17) is 4.74 Å². The Morgan fingerprint density at radius 2 is 2.41 bits per heavy atom. The van der Waals surface area contributed by atoms with E-state index in [0.29, 0.717) is 19.6 Å². The number of ether oxygens (including phenoxy) is 1. The first-order valence-corrected chi connectivity index (χ1v) is 6.52. The van der Waals surface area contributed by atoms with E-state index in [1.54, 1.807) is 0 Å². The van der Waals surface area contributed by atoms with Crippen LogP contribution in [0.3, 0.4) is 0 Å². The lowest BCUT2D eigenvalue weighted by atomic mass is 10.0. The van der Waals surface area contributed by atoms with Crippen LogP contribution in [0.25, 0.3) is 0 Å². The molecule has 2 rings (SSSR count). The average Bonchev–Trinajstić information content (AvgIpc) is 2.29. The van der Waals surface area contributed by atoms with Crippen molar-refractivity contribution < 1.29 is 9.53 Å². The molecule has 1 aliphatic rings. The summed E-state index contributed by atoms with van der Waals surface area (Å²) in [5.41, 5.74) is 1.03. The Bertz CT molecular complexity index is 408. The Hall–Kier alpha value is -0.710. The molecule has 4 heteroatoms. The Balaban J connectivity index is 1.96. The van der Waals surface area contributed by atoms with Crippen LogP contribution in [-0.4, -0.2) is 43.5 Å². The zero-order valence-corrected chi connectivity index (χ0v) is 11.4. The molecule has 0 bridgehead atoms. The van der Waals surface area contributed by atoms with Crippen molar-refractivity contribution in [3.05, 3.63) is 34.3 Å². The number of nitrogens with zero attached hydrogens (tertiary/aromatic N) is 1. The molecule has 1 saturated heterocycles. The van der Waals surface area contributed by atoms with Crippen LogP contribution < -0.4 is 0 Å². The van der Waals surface area contributed by atoms with E-state index in [0.717, 1.165) is 16.6 Å². The normalized spacial score (nSPS) is 21.4. The summed E-state index contributed by atoms with van der Waals surface area (Å²) in [6.07, 6.45) is 0.172. The van der Waals surface area contributed by atoms with E-state index in [9.17, 15) is 4.79 Å². The number of ketones is 1. The van der Waals surface area contributed by atoms with E-state index in [1.807, 2.05) is 31.3 Å². The second-order valence-corrected chi connectivity index (χ2v) is 5.31. The number of Topliss-reactive ketones (excluding diaryl/α,β-unsaturated/α-hetero) is 1. The van der Waals surface area contributed by atoms with Crippen LogP contribution in [-0.2, 0) is 16.0 Å². The third kappa shape index (κ3) is 3.63. The molecule has 0 saturated carbocycles. The van der Waals surface area contributed by atoms with Gasteiger partial charge in [-0.05, 0) is 24.7 Å². The molecule has 0 amide bonds. The monoisotopic (exact) mass is 297 g/mol. The molecule has 17 heavy (non-hydrogen) atoms. The molecule has 1 aromatic rings. The van der Waals surface area contributed by atoms with Gasteiger partial charge in [-0.25, -0.2) is 0 Å². The largest absolute Gasteiger partial charge is 0.368 e. The fourth-order valence-electron chi connectivity index (χ4n) is 1.93. The number of benzene rings is 1. The first-order valence-electron chi connectivity index (χ1n) is 5.72. The summed E-state index contributed by atoms with van der Waals surface area (Å²) in [6.45, 7) is 2.25. The molecule has 0 radical (unpaired) electrons. The Morgan fingerprint density at radius 3 is 3.12 bits per heavy atom. The predicted molar refractivity (Wildman–Crippen MR) is 70.1 cm³/mol. The zero-order chi connectivity index (χ0) is 12.3. The van der Waals surface area contributed by atoms with Crippen molar-refractivity contribution in [1.29, 1.82) is 0 Å². The van der Waals surface area contributed by atoms with Gasteiger partial charge in [0.1, 0.15) is 6.10 Å². The highest BCUT2D eigenvalue weighted by Gasteiger charge is 2.24. The standard InChI is InChI=1S/C13H16BrNO2/c1-15-5-6-17-13(9-15)12(16)8-10-3-2-4-11(14)7-10/h2-4,7,13H,5-6,8-9H2,1H3. The topological polar surface area (TPSA) is 29.5 Å². The minimum Gasteiger partial charge on any atom is -0.368 e. The van der Waals surface area contributed by atoms with Crippen LogP contribution in [0.4, 0.5) is 0 Å². The molecule has 1 heterocycles. The minimum absolute atomic E-state index is 0.162. The van der Waals surface area contributed by atoms with Crippen LogP contribution in [0, 0.1) is 0 Å². The molecule has 3 nitrogen and oxygen atoms in total. The van der Waals surface area contributed by atoms with E-state index in [-0.39, 0.29) is 11.9 Å². The quantitative estimate of drug-likeness (QED) is 0.853. The highest BCUT2D eigenvalue weighted by Crippen LogP contribution is 2.14. The van der Waals surface area contributed by atoms with E-state index in [2.05, 4.69) is 20.8 Å². The summed E-state index contributed by atoms with van der Waals surface area (Å²) in [5.74, 6) is 0.162. The van der Waals surface area contributed by atoms with Gasteiger partial charge >= 0.3 is 0 Å². The fraction of sp³-hybridized carbons (Fsp3) is 0.462. The molecule has 1 atom stereocenters. The smallest absolute Gasteiger partial charge is 0.167 e. The number of morpholine rings is 1. The van der Waals surface area contributed by atoms with E-state index >= 15 is 0 Å². The van der Waals surface area contributed by atoms with Gasteiger partial charge in [-0.1, -0.05) is 28.1 Å². The highest BCUT2D eigenvalue weighted by atomic mass is 79.9. The van der Waals surface area contributed by atoms with E-state index < -0.39 is 0 Å². The molecule has 1 aliphatic heterocycles.